The molecule has 12 heteroatoms. The van der Waals surface area contributed by atoms with Gasteiger partial charge in [0.25, 0.3) is 11.9 Å². The highest BCUT2D eigenvalue weighted by Crippen LogP contribution is 2.37. The first-order chi connectivity index (χ1) is 17.3. The zero-order chi connectivity index (χ0) is 26.0. The summed E-state index contributed by atoms with van der Waals surface area (Å²) >= 11 is 0. The minimum absolute atomic E-state index is 0.0847. The Morgan fingerprint density at radius 2 is 1.81 bits per heavy atom. The van der Waals surface area contributed by atoms with E-state index in [0.29, 0.717) is 28.2 Å². The number of carbonyl (C=O) groups is 3. The smallest absolute Gasteiger partial charge is 0.493 e. The van der Waals surface area contributed by atoms with Crippen LogP contribution in [-0.2, 0) is 9.59 Å². The molecule has 2 heterocycles. The van der Waals surface area contributed by atoms with Crippen molar-refractivity contribution in [2.24, 2.45) is 5.11 Å². The van der Waals surface area contributed by atoms with E-state index in [9.17, 15) is 18.8 Å². The minimum Gasteiger partial charge on any atom is -0.493 e. The largest absolute Gasteiger partial charge is 0.520 e. The summed E-state index contributed by atoms with van der Waals surface area (Å²) in [6, 6.07) is 6.65. The molecule has 1 aromatic heterocycles. The lowest BCUT2D eigenvalue weighted by Gasteiger charge is -2.19. The number of nitrogens with zero attached hydrogens (tertiary/aromatic N) is 4. The maximum absolute atomic E-state index is 14.9. The molecule has 0 fully saturated rings. The monoisotopic (exact) mass is 496 g/mol. The number of halogens is 1. The van der Waals surface area contributed by atoms with Crippen LogP contribution in [0.1, 0.15) is 6.92 Å². The molecule has 1 unspecified atom stereocenters. The number of likely N-dealkylation sites (N-methyl/N-ethyl adjacent to an activating group) is 1. The lowest BCUT2D eigenvalue weighted by atomic mass is 10.1. The number of ether oxygens (including phenoxy) is 3. The molecule has 3 aromatic rings. The molecule has 0 saturated heterocycles. The van der Waals surface area contributed by atoms with Crippen molar-refractivity contribution < 1.29 is 37.7 Å². The molecule has 2 aromatic carbocycles. The Morgan fingerprint density at radius 3 is 2.47 bits per heavy atom. The molecule has 0 radical (unpaired) electrons. The van der Waals surface area contributed by atoms with E-state index in [1.165, 1.54) is 39.6 Å². The Balaban J connectivity index is 1.56. The van der Waals surface area contributed by atoms with Crippen molar-refractivity contribution in [3.05, 3.63) is 48.4 Å². The predicted molar refractivity (Wildman–Crippen MR) is 125 cm³/mol. The SMILES string of the molecule is CCN1C(=O)C(C(=O)Nc2ccc(Oc3ccnc4cc(OC)c(OC)cc34)c(F)c2)N=[N+](C)C1=O. The van der Waals surface area contributed by atoms with Crippen molar-refractivity contribution in [3.63, 3.8) is 0 Å². The van der Waals surface area contributed by atoms with E-state index in [4.69, 9.17) is 14.2 Å². The first-order valence-corrected chi connectivity index (χ1v) is 10.9. The first-order valence-electron chi connectivity index (χ1n) is 10.9. The lowest BCUT2D eigenvalue weighted by molar-refractivity contribution is -0.481. The summed E-state index contributed by atoms with van der Waals surface area (Å²) in [4.78, 5) is 42.3. The topological polar surface area (TPSA) is 122 Å². The third-order valence-corrected chi connectivity index (χ3v) is 5.49. The normalized spacial score (nSPS) is 15.5. The van der Waals surface area contributed by atoms with Gasteiger partial charge in [0.1, 0.15) is 12.8 Å². The number of methoxy groups -OCH3 is 2. The fraction of sp³-hybridized carbons (Fsp3) is 0.250. The number of carbonyl (C=O) groups excluding carboxylic acids is 3. The van der Waals surface area contributed by atoms with E-state index in [-0.39, 0.29) is 18.0 Å². The number of pyridine rings is 1. The maximum Gasteiger partial charge on any atom is 0.520 e. The first kappa shape index (κ1) is 24.5. The number of amides is 4. The van der Waals surface area contributed by atoms with Crippen LogP contribution in [0.5, 0.6) is 23.0 Å². The van der Waals surface area contributed by atoms with Crippen molar-refractivity contribution in [1.29, 1.82) is 0 Å². The van der Waals surface area contributed by atoms with Crippen molar-refractivity contribution in [3.8, 4) is 23.0 Å². The van der Waals surface area contributed by atoms with Crippen molar-refractivity contribution >= 4 is 34.4 Å². The van der Waals surface area contributed by atoms with E-state index in [0.717, 1.165) is 15.7 Å². The van der Waals surface area contributed by atoms with Gasteiger partial charge in [-0.1, -0.05) is 5.11 Å². The van der Waals surface area contributed by atoms with Gasteiger partial charge in [-0.2, -0.15) is 9.69 Å². The van der Waals surface area contributed by atoms with Crippen LogP contribution in [-0.4, -0.2) is 66.3 Å². The van der Waals surface area contributed by atoms with Gasteiger partial charge in [0, 0.05) is 29.4 Å². The van der Waals surface area contributed by atoms with Crippen molar-refractivity contribution in [1.82, 2.24) is 9.88 Å². The molecule has 186 valence electrons. The van der Waals surface area contributed by atoms with Crippen LogP contribution in [0.2, 0.25) is 0 Å². The summed E-state index contributed by atoms with van der Waals surface area (Å²) in [6.07, 6.45) is 1.52. The number of urea groups is 1. The number of anilines is 1. The highest BCUT2D eigenvalue weighted by Gasteiger charge is 2.46. The van der Waals surface area contributed by atoms with E-state index in [2.05, 4.69) is 15.4 Å². The van der Waals surface area contributed by atoms with Crippen LogP contribution in [0.25, 0.3) is 10.9 Å². The van der Waals surface area contributed by atoms with Gasteiger partial charge in [-0.3, -0.25) is 9.78 Å². The van der Waals surface area contributed by atoms with Gasteiger partial charge < -0.3 is 19.5 Å². The second-order valence-corrected chi connectivity index (χ2v) is 7.68. The van der Waals surface area contributed by atoms with E-state index < -0.39 is 29.7 Å². The van der Waals surface area contributed by atoms with Crippen LogP contribution in [0.3, 0.4) is 0 Å². The fourth-order valence-electron chi connectivity index (χ4n) is 3.67. The number of imide groups is 1. The average Bonchev–Trinajstić information content (AvgIpc) is 2.87. The molecule has 1 N–H and O–H groups in total. The quantitative estimate of drug-likeness (QED) is 0.392. The molecule has 1 aliphatic heterocycles. The summed E-state index contributed by atoms with van der Waals surface area (Å²) in [7, 11) is 4.35. The van der Waals surface area contributed by atoms with Crippen LogP contribution < -0.4 is 19.5 Å². The van der Waals surface area contributed by atoms with E-state index in [1.807, 2.05) is 0 Å². The second kappa shape index (κ2) is 9.94. The van der Waals surface area contributed by atoms with Crippen LogP contribution in [0.4, 0.5) is 14.9 Å². The number of azo groups is 2. The van der Waals surface area contributed by atoms with Gasteiger partial charge in [0.15, 0.2) is 23.1 Å². The van der Waals surface area contributed by atoms with Crippen molar-refractivity contribution in [2.75, 3.05) is 33.1 Å². The average molecular weight is 496 g/mol. The molecule has 0 bridgehead atoms. The number of hydrogen-bond acceptors (Lipinski definition) is 8. The molecule has 0 aliphatic carbocycles. The Kier molecular flexibility index (Phi) is 6.77. The zero-order valence-corrected chi connectivity index (χ0v) is 19.9. The molecule has 0 saturated carbocycles. The van der Waals surface area contributed by atoms with Crippen LogP contribution in [0, 0.1) is 5.82 Å². The molecule has 1 aliphatic rings. The third kappa shape index (κ3) is 4.52. The molecule has 0 spiro atoms. The number of rotatable bonds is 7. The number of hydrogen-bond donors (Lipinski definition) is 1. The fourth-order valence-corrected chi connectivity index (χ4v) is 3.67. The van der Waals surface area contributed by atoms with Gasteiger partial charge in [0.2, 0.25) is 0 Å². The summed E-state index contributed by atoms with van der Waals surface area (Å²) in [5, 5.41) is 6.86. The molecular weight excluding hydrogens is 473 g/mol. The van der Waals surface area contributed by atoms with Gasteiger partial charge in [-0.05, 0) is 31.2 Å². The Bertz CT molecular complexity index is 1410. The number of fused-ring (bicyclic) bond motifs is 1. The third-order valence-electron chi connectivity index (χ3n) is 5.49. The molecule has 4 amide bonds. The standard InChI is InChI=1S/C24H22FN5O6/c1-5-30-23(32)21(28-29(2)24(30)33)22(31)27-13-6-7-18(15(25)10-13)36-17-8-9-26-16-12-20(35-4)19(34-3)11-14(16)17/h6-12,21H,5H2,1-4H3/p+1. The molecular formula is C24H23FN5O6+. The second-order valence-electron chi connectivity index (χ2n) is 7.68. The van der Waals surface area contributed by atoms with Gasteiger partial charge in [-0.15, -0.1) is 4.70 Å². The van der Waals surface area contributed by atoms with Gasteiger partial charge in [-0.25, -0.2) is 9.18 Å². The van der Waals surface area contributed by atoms with E-state index >= 15 is 0 Å². The Labute approximate surface area is 205 Å². The minimum atomic E-state index is -1.47. The predicted octanol–water partition coefficient (Wildman–Crippen LogP) is 3.57. The van der Waals surface area contributed by atoms with Gasteiger partial charge >= 0.3 is 11.9 Å². The molecule has 36 heavy (non-hydrogen) atoms. The Morgan fingerprint density at radius 1 is 1.08 bits per heavy atom. The summed E-state index contributed by atoms with van der Waals surface area (Å²) in [5.74, 6) is -1.14. The van der Waals surface area contributed by atoms with Gasteiger partial charge in [0.05, 0.1) is 26.3 Å². The number of aromatic nitrogens is 1. The Hall–Kier alpha value is -4.61. The van der Waals surface area contributed by atoms with E-state index in [1.54, 1.807) is 25.1 Å². The number of nitrogens with one attached hydrogen (secondary N) is 1. The molecule has 4 rings (SSSR count). The lowest BCUT2D eigenvalue weighted by Crippen LogP contribution is -2.53. The van der Waals surface area contributed by atoms with Crippen LogP contribution in [0.15, 0.2) is 47.7 Å². The van der Waals surface area contributed by atoms with Crippen molar-refractivity contribution in [2.45, 2.75) is 13.0 Å². The van der Waals surface area contributed by atoms with Crippen LogP contribution >= 0.6 is 0 Å². The molecule has 1 atom stereocenters. The summed E-state index contributed by atoms with van der Waals surface area (Å²) < 4.78 is 32.3. The number of benzene rings is 2. The highest BCUT2D eigenvalue weighted by atomic mass is 19.1. The molecule has 11 nitrogen and oxygen atoms in total. The maximum atomic E-state index is 14.9. The zero-order valence-electron chi connectivity index (χ0n) is 19.9. The summed E-state index contributed by atoms with van der Waals surface area (Å²) in [5.41, 5.74) is 0.640. The summed E-state index contributed by atoms with van der Waals surface area (Å²) in [6.45, 7) is 1.70. The highest BCUT2D eigenvalue weighted by molar-refractivity contribution is 6.13.